The van der Waals surface area contributed by atoms with Crippen LogP contribution in [0, 0.1) is 0 Å². The summed E-state index contributed by atoms with van der Waals surface area (Å²) >= 11 is 0. The number of amides is 1. The maximum absolute atomic E-state index is 12.1. The van der Waals surface area contributed by atoms with Gasteiger partial charge in [-0.25, -0.2) is 13.1 Å². The van der Waals surface area contributed by atoms with E-state index in [-0.39, 0.29) is 29.1 Å². The van der Waals surface area contributed by atoms with E-state index in [4.69, 9.17) is 0 Å². The molecule has 0 unspecified atom stereocenters. The van der Waals surface area contributed by atoms with Crippen molar-refractivity contribution in [3.63, 3.8) is 0 Å². The molecule has 1 aromatic heterocycles. The molecular formula is C14H15N3O3S. The first-order chi connectivity index (χ1) is 10.0. The summed E-state index contributed by atoms with van der Waals surface area (Å²) in [6.07, 6.45) is 2.17. The number of nitrogens with one attached hydrogen (secondary N) is 1. The fraction of sp³-hybridized carbons (Fsp3) is 0.286. The van der Waals surface area contributed by atoms with E-state index in [1.165, 1.54) is 0 Å². The minimum Gasteiger partial charge on any atom is -0.347 e. The van der Waals surface area contributed by atoms with Gasteiger partial charge in [-0.05, 0) is 24.6 Å². The van der Waals surface area contributed by atoms with Crippen molar-refractivity contribution < 1.29 is 13.2 Å². The molecule has 1 N–H and O–H groups in total. The van der Waals surface area contributed by atoms with E-state index in [9.17, 15) is 13.2 Å². The highest BCUT2D eigenvalue weighted by molar-refractivity contribution is 7.91. The second kappa shape index (κ2) is 5.33. The van der Waals surface area contributed by atoms with Crippen LogP contribution in [0.15, 0.2) is 42.6 Å². The molecule has 0 spiro atoms. The molecular weight excluding hydrogens is 290 g/mol. The first-order valence-electron chi connectivity index (χ1n) is 6.66. The monoisotopic (exact) mass is 305 g/mol. The third kappa shape index (κ3) is 3.13. The zero-order valence-corrected chi connectivity index (χ0v) is 12.1. The average Bonchev–Trinajstić information content (AvgIpc) is 3.07. The van der Waals surface area contributed by atoms with Gasteiger partial charge < -0.3 is 5.32 Å². The van der Waals surface area contributed by atoms with E-state index in [0.29, 0.717) is 6.42 Å². The van der Waals surface area contributed by atoms with Crippen LogP contribution in [0.2, 0.25) is 0 Å². The molecule has 0 bridgehead atoms. The third-order valence-corrected chi connectivity index (χ3v) is 5.18. The molecule has 1 amide bonds. The Balaban J connectivity index is 1.70. The Hall–Kier alpha value is -2.15. The molecule has 6 nitrogen and oxygen atoms in total. The van der Waals surface area contributed by atoms with Crippen LogP contribution in [0.5, 0.6) is 0 Å². The van der Waals surface area contributed by atoms with Gasteiger partial charge in [-0.15, -0.1) is 0 Å². The SMILES string of the molecule is O=C(N[C@H]1CCS(=O)(=O)C1)c1ccn(-c2ccccc2)n1. The van der Waals surface area contributed by atoms with Gasteiger partial charge >= 0.3 is 0 Å². The van der Waals surface area contributed by atoms with Crippen LogP contribution in [-0.4, -0.2) is 41.7 Å². The van der Waals surface area contributed by atoms with E-state index in [1.54, 1.807) is 16.9 Å². The van der Waals surface area contributed by atoms with Crippen molar-refractivity contribution in [2.75, 3.05) is 11.5 Å². The Kier molecular flexibility index (Phi) is 3.50. The number of nitrogens with zero attached hydrogens (tertiary/aromatic N) is 2. The van der Waals surface area contributed by atoms with Crippen LogP contribution >= 0.6 is 0 Å². The number of hydrogen-bond acceptors (Lipinski definition) is 4. The molecule has 1 aliphatic heterocycles. The van der Waals surface area contributed by atoms with Crippen LogP contribution in [0.3, 0.4) is 0 Å². The molecule has 1 atom stereocenters. The smallest absolute Gasteiger partial charge is 0.272 e. The molecule has 7 heteroatoms. The molecule has 0 saturated carbocycles. The van der Waals surface area contributed by atoms with Crippen LogP contribution < -0.4 is 5.32 Å². The number of rotatable bonds is 3. The molecule has 110 valence electrons. The fourth-order valence-electron chi connectivity index (χ4n) is 2.34. The number of para-hydroxylation sites is 1. The van der Waals surface area contributed by atoms with Crippen molar-refractivity contribution in [3.8, 4) is 5.69 Å². The van der Waals surface area contributed by atoms with Crippen LogP contribution in [-0.2, 0) is 9.84 Å². The quantitative estimate of drug-likeness (QED) is 0.909. The summed E-state index contributed by atoms with van der Waals surface area (Å²) in [5.41, 5.74) is 1.14. The molecule has 21 heavy (non-hydrogen) atoms. The molecule has 0 radical (unpaired) electrons. The largest absolute Gasteiger partial charge is 0.347 e. The van der Waals surface area contributed by atoms with Gasteiger partial charge in [0, 0.05) is 12.2 Å². The molecule has 1 aromatic carbocycles. The standard InChI is InChI=1S/C14H15N3O3S/c18-14(15-11-7-9-21(19,20)10-11)13-6-8-17(16-13)12-4-2-1-3-5-12/h1-6,8,11H,7,9-10H2,(H,15,18)/t11-/m0/s1. The first-order valence-corrected chi connectivity index (χ1v) is 8.48. The van der Waals surface area contributed by atoms with Crippen molar-refractivity contribution in [1.29, 1.82) is 0 Å². The Morgan fingerprint density at radius 2 is 2.00 bits per heavy atom. The maximum atomic E-state index is 12.1. The zero-order chi connectivity index (χ0) is 14.9. The van der Waals surface area contributed by atoms with E-state index < -0.39 is 9.84 Å². The number of carbonyl (C=O) groups excluding carboxylic acids is 1. The summed E-state index contributed by atoms with van der Waals surface area (Å²) in [6, 6.07) is 10.8. The number of hydrogen-bond donors (Lipinski definition) is 1. The van der Waals surface area contributed by atoms with Crippen molar-refractivity contribution in [2.45, 2.75) is 12.5 Å². The summed E-state index contributed by atoms with van der Waals surface area (Å²) in [6.45, 7) is 0. The number of aromatic nitrogens is 2. The lowest BCUT2D eigenvalue weighted by Gasteiger charge is -2.08. The lowest BCUT2D eigenvalue weighted by Crippen LogP contribution is -2.35. The Labute approximate surface area is 122 Å². The second-order valence-corrected chi connectivity index (χ2v) is 7.28. The molecule has 3 rings (SSSR count). The lowest BCUT2D eigenvalue weighted by atomic mass is 10.2. The predicted octanol–water partition coefficient (Wildman–Crippen LogP) is 0.789. The number of sulfone groups is 1. The fourth-order valence-corrected chi connectivity index (χ4v) is 4.01. The third-order valence-electron chi connectivity index (χ3n) is 3.41. The average molecular weight is 305 g/mol. The normalized spacial score (nSPS) is 20.3. The highest BCUT2D eigenvalue weighted by Crippen LogP contribution is 2.12. The van der Waals surface area contributed by atoms with Crippen molar-refractivity contribution in [1.82, 2.24) is 15.1 Å². The summed E-state index contributed by atoms with van der Waals surface area (Å²) < 4.78 is 24.4. The zero-order valence-electron chi connectivity index (χ0n) is 11.3. The molecule has 1 aliphatic rings. The van der Waals surface area contributed by atoms with E-state index in [2.05, 4.69) is 10.4 Å². The minimum atomic E-state index is -3.00. The van der Waals surface area contributed by atoms with Gasteiger partial charge in [0.05, 0.1) is 17.2 Å². The first kappa shape index (κ1) is 13.8. The van der Waals surface area contributed by atoms with E-state index >= 15 is 0 Å². The summed E-state index contributed by atoms with van der Waals surface area (Å²) in [4.78, 5) is 12.1. The van der Waals surface area contributed by atoms with Crippen molar-refractivity contribution in [3.05, 3.63) is 48.3 Å². The Bertz CT molecular complexity index is 753. The number of benzene rings is 1. The Morgan fingerprint density at radius 3 is 2.67 bits per heavy atom. The topological polar surface area (TPSA) is 81.1 Å². The van der Waals surface area contributed by atoms with Crippen molar-refractivity contribution >= 4 is 15.7 Å². The summed E-state index contributed by atoms with van der Waals surface area (Å²) in [5.74, 6) is -0.194. The summed E-state index contributed by atoms with van der Waals surface area (Å²) in [7, 11) is -3.00. The molecule has 2 aromatic rings. The molecule has 2 heterocycles. The van der Waals surface area contributed by atoms with Crippen LogP contribution in [0.4, 0.5) is 0 Å². The highest BCUT2D eigenvalue weighted by atomic mass is 32.2. The summed E-state index contributed by atoms with van der Waals surface area (Å²) in [5, 5.41) is 6.94. The minimum absolute atomic E-state index is 0.0120. The molecule has 1 fully saturated rings. The van der Waals surface area contributed by atoms with Gasteiger partial charge in [-0.2, -0.15) is 5.10 Å². The Morgan fingerprint density at radius 1 is 1.24 bits per heavy atom. The van der Waals surface area contributed by atoms with Gasteiger partial charge in [0.15, 0.2) is 15.5 Å². The van der Waals surface area contributed by atoms with Crippen molar-refractivity contribution in [2.24, 2.45) is 0 Å². The second-order valence-electron chi connectivity index (χ2n) is 5.05. The lowest BCUT2D eigenvalue weighted by molar-refractivity contribution is 0.0935. The molecule has 1 saturated heterocycles. The predicted molar refractivity (Wildman–Crippen MR) is 78.1 cm³/mol. The van der Waals surface area contributed by atoms with Gasteiger partial charge in [-0.1, -0.05) is 18.2 Å². The molecule has 0 aliphatic carbocycles. The number of carbonyl (C=O) groups is 1. The van der Waals surface area contributed by atoms with E-state index in [1.807, 2.05) is 30.3 Å². The van der Waals surface area contributed by atoms with Gasteiger partial charge in [0.1, 0.15) is 0 Å². The van der Waals surface area contributed by atoms with Gasteiger partial charge in [0.25, 0.3) is 5.91 Å². The van der Waals surface area contributed by atoms with Gasteiger partial charge in [0.2, 0.25) is 0 Å². The van der Waals surface area contributed by atoms with Crippen LogP contribution in [0.25, 0.3) is 5.69 Å². The highest BCUT2D eigenvalue weighted by Gasteiger charge is 2.29. The van der Waals surface area contributed by atoms with Crippen LogP contribution in [0.1, 0.15) is 16.9 Å². The maximum Gasteiger partial charge on any atom is 0.272 e. The van der Waals surface area contributed by atoms with E-state index in [0.717, 1.165) is 5.69 Å². The van der Waals surface area contributed by atoms with Gasteiger partial charge in [-0.3, -0.25) is 4.79 Å².